The summed E-state index contributed by atoms with van der Waals surface area (Å²) in [5.74, 6) is -0.374. The smallest absolute Gasteiger partial charge is 0.341 e. The first-order chi connectivity index (χ1) is 12.5. The molecule has 3 rings (SSSR count). The molecule has 1 unspecified atom stereocenters. The number of carbonyl (C=O) groups excluding carboxylic acids is 1. The monoisotopic (exact) mass is 383 g/mol. The van der Waals surface area contributed by atoms with Crippen molar-refractivity contribution in [3.8, 4) is 5.75 Å². The third-order valence-electron chi connectivity index (χ3n) is 5.01. The van der Waals surface area contributed by atoms with Gasteiger partial charge in [-0.3, -0.25) is 4.90 Å². The molecule has 2 fully saturated rings. The summed E-state index contributed by atoms with van der Waals surface area (Å²) < 4.78 is 37.4. The van der Waals surface area contributed by atoms with E-state index in [0.717, 1.165) is 32.6 Å². The zero-order valence-corrected chi connectivity index (χ0v) is 15.9. The van der Waals surface area contributed by atoms with Gasteiger partial charge in [0, 0.05) is 51.4 Å². The van der Waals surface area contributed by atoms with Crippen LogP contribution in [0.1, 0.15) is 16.8 Å². The van der Waals surface area contributed by atoms with Crippen molar-refractivity contribution < 1.29 is 22.7 Å². The van der Waals surface area contributed by atoms with Crippen LogP contribution in [0.25, 0.3) is 0 Å². The van der Waals surface area contributed by atoms with Crippen molar-refractivity contribution in [1.82, 2.24) is 14.5 Å². The molecule has 2 heterocycles. The molecular weight excluding hydrogens is 358 g/mol. The molecule has 144 valence electrons. The molecule has 26 heavy (non-hydrogen) atoms. The Bertz CT molecular complexity index is 762. The van der Waals surface area contributed by atoms with Crippen LogP contribution in [0.2, 0.25) is 0 Å². The molecule has 2 aliphatic heterocycles. The summed E-state index contributed by atoms with van der Waals surface area (Å²) >= 11 is 0. The van der Waals surface area contributed by atoms with Gasteiger partial charge < -0.3 is 14.8 Å². The summed E-state index contributed by atoms with van der Waals surface area (Å²) in [6, 6.07) is 4.51. The molecule has 1 aromatic carbocycles. The van der Waals surface area contributed by atoms with Gasteiger partial charge in [0.2, 0.25) is 10.0 Å². The number of benzene rings is 1. The highest BCUT2D eigenvalue weighted by Crippen LogP contribution is 2.28. The van der Waals surface area contributed by atoms with E-state index in [1.54, 1.807) is 0 Å². The van der Waals surface area contributed by atoms with Crippen LogP contribution >= 0.6 is 0 Å². The Morgan fingerprint density at radius 3 is 2.58 bits per heavy atom. The zero-order chi connectivity index (χ0) is 18.7. The third-order valence-corrected chi connectivity index (χ3v) is 6.87. The predicted molar refractivity (Wildman–Crippen MR) is 95.9 cm³/mol. The number of hydrogen-bond acceptors (Lipinski definition) is 7. The second-order valence-electron chi connectivity index (χ2n) is 6.45. The van der Waals surface area contributed by atoms with E-state index in [1.165, 1.54) is 36.7 Å². The first-order valence-electron chi connectivity index (χ1n) is 8.68. The van der Waals surface area contributed by atoms with Crippen molar-refractivity contribution >= 4 is 16.0 Å². The van der Waals surface area contributed by atoms with Gasteiger partial charge in [0.05, 0.1) is 19.1 Å². The number of ether oxygens (including phenoxy) is 2. The van der Waals surface area contributed by atoms with Crippen molar-refractivity contribution in [2.45, 2.75) is 17.4 Å². The van der Waals surface area contributed by atoms with Gasteiger partial charge in [-0.1, -0.05) is 0 Å². The predicted octanol–water partition coefficient (Wildman–Crippen LogP) is 0.150. The van der Waals surface area contributed by atoms with Crippen LogP contribution in [0.4, 0.5) is 0 Å². The molecule has 2 saturated heterocycles. The van der Waals surface area contributed by atoms with E-state index in [0.29, 0.717) is 13.1 Å². The fourth-order valence-electron chi connectivity index (χ4n) is 3.53. The lowest BCUT2D eigenvalue weighted by Crippen LogP contribution is -2.49. The fraction of sp³-hybridized carbons (Fsp3) is 0.588. The number of nitrogens with zero attached hydrogens (tertiary/aromatic N) is 2. The van der Waals surface area contributed by atoms with Crippen molar-refractivity contribution in [3.05, 3.63) is 23.8 Å². The maximum Gasteiger partial charge on any atom is 0.341 e. The number of sulfonamides is 1. The van der Waals surface area contributed by atoms with Crippen molar-refractivity contribution in [2.24, 2.45) is 0 Å². The fourth-order valence-corrected chi connectivity index (χ4v) is 5.04. The molecule has 0 amide bonds. The van der Waals surface area contributed by atoms with Gasteiger partial charge in [0.15, 0.2) is 0 Å². The molecule has 0 spiro atoms. The maximum absolute atomic E-state index is 13.0. The molecular formula is C17H25N3O5S. The number of hydrogen-bond donors (Lipinski definition) is 1. The van der Waals surface area contributed by atoms with E-state index in [1.807, 2.05) is 0 Å². The Morgan fingerprint density at radius 1 is 1.19 bits per heavy atom. The number of carbonyl (C=O) groups is 1. The molecule has 0 radical (unpaired) electrons. The lowest BCUT2D eigenvalue weighted by atomic mass is 10.2. The van der Waals surface area contributed by atoms with Gasteiger partial charge in [-0.15, -0.1) is 0 Å². The zero-order valence-electron chi connectivity index (χ0n) is 15.1. The minimum atomic E-state index is -3.63. The van der Waals surface area contributed by atoms with Gasteiger partial charge in [-0.2, -0.15) is 4.31 Å². The Labute approximate surface area is 154 Å². The molecule has 0 bridgehead atoms. The van der Waals surface area contributed by atoms with Crippen LogP contribution in [-0.2, 0) is 14.8 Å². The van der Waals surface area contributed by atoms with Crippen LogP contribution in [0.5, 0.6) is 5.75 Å². The van der Waals surface area contributed by atoms with Crippen LogP contribution < -0.4 is 10.1 Å². The van der Waals surface area contributed by atoms with Crippen molar-refractivity contribution in [2.75, 3.05) is 53.5 Å². The van der Waals surface area contributed by atoms with Gasteiger partial charge in [-0.25, -0.2) is 13.2 Å². The molecule has 0 aromatic heterocycles. The van der Waals surface area contributed by atoms with Crippen molar-refractivity contribution in [1.29, 1.82) is 0 Å². The van der Waals surface area contributed by atoms with Gasteiger partial charge >= 0.3 is 5.97 Å². The Kier molecular flexibility index (Phi) is 5.81. The van der Waals surface area contributed by atoms with Crippen LogP contribution in [0, 0.1) is 0 Å². The topological polar surface area (TPSA) is 88.2 Å². The second-order valence-corrected chi connectivity index (χ2v) is 8.38. The first kappa shape index (κ1) is 19.1. The molecule has 1 atom stereocenters. The lowest BCUT2D eigenvalue weighted by molar-refractivity contribution is 0.0597. The highest BCUT2D eigenvalue weighted by molar-refractivity contribution is 7.89. The number of nitrogens with one attached hydrogen (secondary N) is 1. The molecule has 0 aliphatic carbocycles. The van der Waals surface area contributed by atoms with E-state index >= 15 is 0 Å². The first-order valence-corrected chi connectivity index (χ1v) is 10.1. The highest BCUT2D eigenvalue weighted by atomic mass is 32.2. The summed E-state index contributed by atoms with van der Waals surface area (Å²) in [6.45, 7) is 4.76. The van der Waals surface area contributed by atoms with Crippen molar-refractivity contribution in [3.63, 3.8) is 0 Å². The number of methoxy groups -OCH3 is 2. The normalized spacial score (nSPS) is 22.3. The summed E-state index contributed by atoms with van der Waals surface area (Å²) in [7, 11) is -0.965. The average Bonchev–Trinajstić information content (AvgIpc) is 3.18. The lowest BCUT2D eigenvalue weighted by Gasteiger charge is -2.32. The Hall–Kier alpha value is -1.68. The van der Waals surface area contributed by atoms with E-state index in [2.05, 4.69) is 10.2 Å². The molecule has 1 N–H and O–H groups in total. The van der Waals surface area contributed by atoms with E-state index in [4.69, 9.17) is 9.47 Å². The van der Waals surface area contributed by atoms with Gasteiger partial charge in [0.25, 0.3) is 0 Å². The van der Waals surface area contributed by atoms with Crippen LogP contribution in [0.3, 0.4) is 0 Å². The number of esters is 1. The molecule has 8 nitrogen and oxygen atoms in total. The molecule has 9 heteroatoms. The average molecular weight is 383 g/mol. The summed E-state index contributed by atoms with van der Waals surface area (Å²) in [6.07, 6.45) is 0.830. The summed E-state index contributed by atoms with van der Waals surface area (Å²) in [5.41, 5.74) is 0.203. The minimum Gasteiger partial charge on any atom is -0.496 e. The second kappa shape index (κ2) is 7.91. The van der Waals surface area contributed by atoms with E-state index in [9.17, 15) is 13.2 Å². The number of piperazine rings is 1. The third kappa shape index (κ3) is 3.71. The summed E-state index contributed by atoms with van der Waals surface area (Å²) in [5, 5.41) is 3.31. The van der Waals surface area contributed by atoms with E-state index in [-0.39, 0.29) is 22.3 Å². The molecule has 1 aromatic rings. The molecule has 2 aliphatic rings. The van der Waals surface area contributed by atoms with Gasteiger partial charge in [-0.05, 0) is 18.6 Å². The standard InChI is InChI=1S/C17H25N3O5S/c1-24-16-11-14(3-4-15(16)17(21)25-2)26(22,23)20-8-5-13(12-20)19-9-6-18-7-10-19/h3-4,11,13,18H,5-10,12H2,1-2H3. The quantitative estimate of drug-likeness (QED) is 0.724. The number of rotatable bonds is 5. The summed E-state index contributed by atoms with van der Waals surface area (Å²) in [4.78, 5) is 14.2. The largest absolute Gasteiger partial charge is 0.496 e. The Morgan fingerprint density at radius 2 is 1.92 bits per heavy atom. The Balaban J connectivity index is 1.79. The van der Waals surface area contributed by atoms with Crippen LogP contribution in [-0.4, -0.2) is 83.1 Å². The van der Waals surface area contributed by atoms with Crippen LogP contribution in [0.15, 0.2) is 23.1 Å². The van der Waals surface area contributed by atoms with E-state index < -0.39 is 16.0 Å². The highest BCUT2D eigenvalue weighted by Gasteiger charge is 2.36. The van der Waals surface area contributed by atoms with Gasteiger partial charge in [0.1, 0.15) is 11.3 Å². The molecule has 0 saturated carbocycles. The minimum absolute atomic E-state index is 0.128. The SMILES string of the molecule is COC(=O)c1ccc(S(=O)(=O)N2CCC(N3CCNCC3)C2)cc1OC. The maximum atomic E-state index is 13.0.